The Hall–Kier alpha value is -2.77. The molecule has 1 aromatic heterocycles. The van der Waals surface area contributed by atoms with Gasteiger partial charge in [-0.15, -0.1) is 11.3 Å². The number of benzene rings is 2. The predicted octanol–water partition coefficient (Wildman–Crippen LogP) is 4.71. The van der Waals surface area contributed by atoms with Gasteiger partial charge >= 0.3 is 5.97 Å². The number of aryl methyl sites for hydroxylation is 1. The maximum Gasteiger partial charge on any atom is 0.358 e. The third kappa shape index (κ3) is 4.90. The van der Waals surface area contributed by atoms with E-state index in [4.69, 9.17) is 16.3 Å². The number of hydrogen-bond acceptors (Lipinski definition) is 5. The summed E-state index contributed by atoms with van der Waals surface area (Å²) in [5, 5.41) is 5.19. The largest absolute Gasteiger partial charge is 0.451 e. The molecule has 1 amide bonds. The molecular weight excluding hydrogens is 391 g/mol. The zero-order valence-electron chi connectivity index (χ0n) is 14.2. The summed E-state index contributed by atoms with van der Waals surface area (Å²) in [6.45, 7) is 1.12. The first-order chi connectivity index (χ1) is 12.9. The lowest BCUT2D eigenvalue weighted by Crippen LogP contribution is -2.21. The van der Waals surface area contributed by atoms with Crippen LogP contribution in [-0.2, 0) is 9.53 Å². The van der Waals surface area contributed by atoms with Gasteiger partial charge in [0.25, 0.3) is 5.91 Å². The molecule has 0 saturated heterocycles. The summed E-state index contributed by atoms with van der Waals surface area (Å²) in [5.74, 6) is -1.72. The molecule has 0 atom stereocenters. The van der Waals surface area contributed by atoms with E-state index in [1.54, 1.807) is 42.6 Å². The summed E-state index contributed by atoms with van der Waals surface area (Å²) in [5.41, 5.74) is 1.64. The van der Waals surface area contributed by atoms with Gasteiger partial charge in [-0.25, -0.2) is 14.2 Å². The van der Waals surface area contributed by atoms with Crippen LogP contribution in [0.4, 0.5) is 10.1 Å². The smallest absolute Gasteiger partial charge is 0.358 e. The van der Waals surface area contributed by atoms with Crippen molar-refractivity contribution >= 4 is 40.5 Å². The quantitative estimate of drug-likeness (QED) is 0.625. The average molecular weight is 405 g/mol. The number of halogens is 2. The van der Waals surface area contributed by atoms with Crippen molar-refractivity contribution in [1.82, 2.24) is 4.98 Å². The highest BCUT2D eigenvalue weighted by molar-refractivity contribution is 7.13. The van der Waals surface area contributed by atoms with Crippen molar-refractivity contribution in [2.45, 2.75) is 6.92 Å². The zero-order chi connectivity index (χ0) is 19.4. The van der Waals surface area contributed by atoms with Crippen LogP contribution in [-0.4, -0.2) is 23.5 Å². The second kappa shape index (κ2) is 8.28. The standard InChI is InChI=1S/C19H14ClFN2O3S/c1-11-5-6-14(8-15(11)21)22-17(24)9-26-19(25)16-10-27-18(23-16)12-3-2-4-13(20)7-12/h2-8,10H,9H2,1H3,(H,22,24). The number of nitrogens with zero attached hydrogens (tertiary/aromatic N) is 1. The molecule has 0 aliphatic rings. The molecule has 3 rings (SSSR count). The van der Waals surface area contributed by atoms with Gasteiger partial charge in [-0.05, 0) is 36.8 Å². The molecule has 1 heterocycles. The van der Waals surface area contributed by atoms with Crippen LogP contribution in [0.3, 0.4) is 0 Å². The van der Waals surface area contributed by atoms with E-state index < -0.39 is 24.3 Å². The number of carbonyl (C=O) groups excluding carboxylic acids is 2. The van der Waals surface area contributed by atoms with Gasteiger partial charge in [0.2, 0.25) is 0 Å². The van der Waals surface area contributed by atoms with Gasteiger partial charge < -0.3 is 10.1 Å². The third-order valence-electron chi connectivity index (χ3n) is 3.57. The van der Waals surface area contributed by atoms with Crippen molar-refractivity contribution in [3.8, 4) is 10.6 Å². The Morgan fingerprint density at radius 2 is 2.07 bits per heavy atom. The summed E-state index contributed by atoms with van der Waals surface area (Å²) in [4.78, 5) is 28.1. The molecule has 0 fully saturated rings. The fourth-order valence-electron chi connectivity index (χ4n) is 2.19. The van der Waals surface area contributed by atoms with Gasteiger partial charge in [-0.3, -0.25) is 4.79 Å². The van der Waals surface area contributed by atoms with Gasteiger partial charge in [0.1, 0.15) is 10.8 Å². The molecule has 0 bridgehead atoms. The Bertz CT molecular complexity index is 1010. The number of thiazole rings is 1. The van der Waals surface area contributed by atoms with Crippen LogP contribution >= 0.6 is 22.9 Å². The molecule has 0 aliphatic carbocycles. The molecule has 0 unspecified atom stereocenters. The number of nitrogens with one attached hydrogen (secondary N) is 1. The first-order valence-corrected chi connectivity index (χ1v) is 9.13. The van der Waals surface area contributed by atoms with Crippen molar-refractivity contribution in [2.75, 3.05) is 11.9 Å². The van der Waals surface area contributed by atoms with Crippen LogP contribution in [0.25, 0.3) is 10.6 Å². The molecule has 5 nitrogen and oxygen atoms in total. The second-order valence-electron chi connectivity index (χ2n) is 5.64. The van der Waals surface area contributed by atoms with Crippen molar-refractivity contribution < 1.29 is 18.7 Å². The summed E-state index contributed by atoms with van der Waals surface area (Å²) < 4.78 is 18.4. The lowest BCUT2D eigenvalue weighted by atomic mass is 10.2. The topological polar surface area (TPSA) is 68.3 Å². The van der Waals surface area contributed by atoms with Crippen molar-refractivity contribution in [1.29, 1.82) is 0 Å². The number of amides is 1. The Kier molecular flexibility index (Phi) is 5.83. The minimum absolute atomic E-state index is 0.101. The summed E-state index contributed by atoms with van der Waals surface area (Å²) in [6, 6.07) is 11.4. The fraction of sp³-hybridized carbons (Fsp3) is 0.105. The molecule has 2 aromatic carbocycles. The third-order valence-corrected chi connectivity index (χ3v) is 4.70. The van der Waals surface area contributed by atoms with E-state index in [0.717, 1.165) is 5.56 Å². The molecule has 0 radical (unpaired) electrons. The number of aromatic nitrogens is 1. The maximum atomic E-state index is 13.5. The molecule has 27 heavy (non-hydrogen) atoms. The van der Waals surface area contributed by atoms with E-state index in [2.05, 4.69) is 10.3 Å². The highest BCUT2D eigenvalue weighted by Crippen LogP contribution is 2.26. The maximum absolute atomic E-state index is 13.5. The molecule has 138 valence electrons. The van der Waals surface area contributed by atoms with Crippen LogP contribution in [0.5, 0.6) is 0 Å². The van der Waals surface area contributed by atoms with Gasteiger partial charge in [-0.2, -0.15) is 0 Å². The highest BCUT2D eigenvalue weighted by atomic mass is 35.5. The molecule has 8 heteroatoms. The van der Waals surface area contributed by atoms with E-state index >= 15 is 0 Å². The van der Waals surface area contributed by atoms with Gasteiger partial charge in [0, 0.05) is 21.7 Å². The molecule has 0 aliphatic heterocycles. The zero-order valence-corrected chi connectivity index (χ0v) is 15.7. The molecular formula is C19H14ClFN2O3S. The van der Waals surface area contributed by atoms with E-state index in [0.29, 0.717) is 15.6 Å². The number of rotatable bonds is 5. The van der Waals surface area contributed by atoms with Crippen molar-refractivity contribution in [3.05, 3.63) is 69.9 Å². The number of anilines is 1. The number of esters is 1. The lowest BCUT2D eigenvalue weighted by Gasteiger charge is -2.06. The highest BCUT2D eigenvalue weighted by Gasteiger charge is 2.15. The Balaban J connectivity index is 1.57. The average Bonchev–Trinajstić information content (AvgIpc) is 3.13. The number of carbonyl (C=O) groups is 2. The summed E-state index contributed by atoms with van der Waals surface area (Å²) in [6.07, 6.45) is 0. The van der Waals surface area contributed by atoms with Crippen LogP contribution in [0.15, 0.2) is 47.8 Å². The monoisotopic (exact) mass is 404 g/mol. The molecule has 1 N–H and O–H groups in total. The summed E-state index contributed by atoms with van der Waals surface area (Å²) >= 11 is 7.22. The Labute approximate surface area is 163 Å². The summed E-state index contributed by atoms with van der Waals surface area (Å²) in [7, 11) is 0. The van der Waals surface area contributed by atoms with Crippen molar-refractivity contribution in [3.63, 3.8) is 0 Å². The van der Waals surface area contributed by atoms with Crippen LogP contribution in [0.2, 0.25) is 5.02 Å². The van der Waals surface area contributed by atoms with E-state index in [-0.39, 0.29) is 11.4 Å². The fourth-order valence-corrected chi connectivity index (χ4v) is 3.17. The normalized spacial score (nSPS) is 10.5. The second-order valence-corrected chi connectivity index (χ2v) is 6.93. The number of hydrogen-bond donors (Lipinski definition) is 1. The Morgan fingerprint density at radius 3 is 2.81 bits per heavy atom. The van der Waals surface area contributed by atoms with Crippen molar-refractivity contribution in [2.24, 2.45) is 0 Å². The lowest BCUT2D eigenvalue weighted by molar-refractivity contribution is -0.119. The first-order valence-electron chi connectivity index (χ1n) is 7.87. The molecule has 3 aromatic rings. The molecule has 0 spiro atoms. The minimum atomic E-state index is -0.718. The molecule has 0 saturated carbocycles. The first kappa shape index (κ1) is 19.0. The SMILES string of the molecule is Cc1ccc(NC(=O)COC(=O)c2csc(-c3cccc(Cl)c3)n2)cc1F. The van der Waals surface area contributed by atoms with Gasteiger partial charge in [0.15, 0.2) is 12.3 Å². The van der Waals surface area contributed by atoms with Gasteiger partial charge in [0.05, 0.1) is 0 Å². The minimum Gasteiger partial charge on any atom is -0.451 e. The van der Waals surface area contributed by atoms with Crippen LogP contribution in [0, 0.1) is 12.7 Å². The Morgan fingerprint density at radius 1 is 1.26 bits per heavy atom. The number of ether oxygens (including phenoxy) is 1. The van der Waals surface area contributed by atoms with Crippen LogP contribution < -0.4 is 5.32 Å². The predicted molar refractivity (Wildman–Crippen MR) is 103 cm³/mol. The van der Waals surface area contributed by atoms with Gasteiger partial charge in [-0.1, -0.05) is 29.8 Å². The van der Waals surface area contributed by atoms with E-state index in [1.165, 1.54) is 17.4 Å². The van der Waals surface area contributed by atoms with E-state index in [9.17, 15) is 14.0 Å². The van der Waals surface area contributed by atoms with E-state index in [1.807, 2.05) is 6.07 Å². The van der Waals surface area contributed by atoms with Crippen LogP contribution in [0.1, 0.15) is 16.1 Å².